The topological polar surface area (TPSA) is 57.7 Å². The maximum Gasteiger partial charge on any atom is 0.317 e. The van der Waals surface area contributed by atoms with Gasteiger partial charge in [0.15, 0.2) is 0 Å². The highest BCUT2D eigenvalue weighted by Gasteiger charge is 2.14. The molecule has 1 fully saturated rings. The molecular formula is C22H30N4O2S. The first-order chi connectivity index (χ1) is 14.1. The second kappa shape index (κ2) is 10.4. The number of methoxy groups -OCH3 is 1. The monoisotopic (exact) mass is 414 g/mol. The van der Waals surface area contributed by atoms with Crippen LogP contribution in [0.5, 0.6) is 5.75 Å². The van der Waals surface area contributed by atoms with Crippen molar-refractivity contribution >= 4 is 23.6 Å². The molecule has 0 saturated carbocycles. The summed E-state index contributed by atoms with van der Waals surface area (Å²) >= 11 is 1.64. The van der Waals surface area contributed by atoms with E-state index in [1.807, 2.05) is 36.7 Å². The van der Waals surface area contributed by atoms with Crippen LogP contribution in [0, 0.1) is 0 Å². The fraction of sp³-hybridized carbons (Fsp3) is 0.455. The number of nitrogens with one attached hydrogen (secondary N) is 1. The number of pyridine rings is 1. The predicted molar refractivity (Wildman–Crippen MR) is 119 cm³/mol. The molecule has 0 radical (unpaired) electrons. The van der Waals surface area contributed by atoms with Crippen molar-refractivity contribution in [1.82, 2.24) is 15.2 Å². The number of amides is 2. The van der Waals surface area contributed by atoms with Crippen molar-refractivity contribution in [3.8, 4) is 5.75 Å². The number of hydrogen-bond donors (Lipinski definition) is 1. The molecule has 2 heterocycles. The summed E-state index contributed by atoms with van der Waals surface area (Å²) in [4.78, 5) is 22.1. The van der Waals surface area contributed by atoms with E-state index in [0.29, 0.717) is 13.1 Å². The van der Waals surface area contributed by atoms with Crippen LogP contribution in [0.25, 0.3) is 0 Å². The smallest absolute Gasteiger partial charge is 0.317 e. The van der Waals surface area contributed by atoms with Crippen LogP contribution in [-0.4, -0.2) is 49.4 Å². The summed E-state index contributed by atoms with van der Waals surface area (Å²) in [5, 5.41) is 3.01. The second-order valence-corrected chi connectivity index (χ2v) is 8.12. The molecule has 29 heavy (non-hydrogen) atoms. The van der Waals surface area contributed by atoms with E-state index in [9.17, 15) is 4.79 Å². The van der Waals surface area contributed by atoms with Crippen LogP contribution in [-0.2, 0) is 13.1 Å². The zero-order valence-corrected chi connectivity index (χ0v) is 18.3. The van der Waals surface area contributed by atoms with E-state index in [2.05, 4.69) is 21.3 Å². The van der Waals surface area contributed by atoms with E-state index in [1.54, 1.807) is 30.8 Å². The first-order valence-corrected chi connectivity index (χ1v) is 11.2. The molecule has 1 aromatic carbocycles. The van der Waals surface area contributed by atoms with Gasteiger partial charge in [0.2, 0.25) is 0 Å². The molecule has 6 nitrogen and oxygen atoms in total. The van der Waals surface area contributed by atoms with Gasteiger partial charge in [0.1, 0.15) is 11.6 Å². The Hall–Kier alpha value is -2.41. The number of nitrogens with zero attached hydrogens (tertiary/aromatic N) is 3. The van der Waals surface area contributed by atoms with E-state index in [4.69, 9.17) is 4.74 Å². The Bertz CT molecular complexity index is 824. The molecule has 156 valence electrons. The van der Waals surface area contributed by atoms with Crippen LogP contribution in [0.1, 0.15) is 30.4 Å². The molecule has 1 N–H and O–H groups in total. The van der Waals surface area contributed by atoms with Crippen LogP contribution in [0.2, 0.25) is 0 Å². The Labute approximate surface area is 177 Å². The van der Waals surface area contributed by atoms with Crippen LogP contribution in [0.15, 0.2) is 41.4 Å². The molecule has 1 aliphatic rings. The maximum atomic E-state index is 12.5. The lowest BCUT2D eigenvalue weighted by atomic mass is 10.1. The predicted octanol–water partition coefficient (Wildman–Crippen LogP) is 4.14. The van der Waals surface area contributed by atoms with Gasteiger partial charge in [-0.1, -0.05) is 6.07 Å². The normalized spacial score (nSPS) is 13.8. The van der Waals surface area contributed by atoms with Gasteiger partial charge in [-0.05, 0) is 60.9 Å². The highest BCUT2D eigenvalue weighted by atomic mass is 32.2. The summed E-state index contributed by atoms with van der Waals surface area (Å²) in [5.74, 6) is 1.84. The van der Waals surface area contributed by atoms with Gasteiger partial charge in [0.05, 0.1) is 7.11 Å². The number of ether oxygens (including phenoxy) is 1. The largest absolute Gasteiger partial charge is 0.496 e. The molecule has 1 aliphatic heterocycles. The third-order valence-corrected chi connectivity index (χ3v) is 5.93. The average molecular weight is 415 g/mol. The molecule has 0 spiro atoms. The van der Waals surface area contributed by atoms with Crippen molar-refractivity contribution in [2.45, 2.75) is 37.2 Å². The van der Waals surface area contributed by atoms with E-state index in [-0.39, 0.29) is 6.03 Å². The standard InChI is InChI=1S/C22H30N4O2S/c1-25(16-18-7-8-20(29-3)19(13-18)28-2)22(27)24-15-17-9-10-23-21(14-17)26-11-5-4-6-12-26/h7-10,13-14H,4-6,11-12,15-16H2,1-3H3,(H,24,27). The van der Waals surface area contributed by atoms with E-state index in [0.717, 1.165) is 40.7 Å². The minimum atomic E-state index is -0.103. The summed E-state index contributed by atoms with van der Waals surface area (Å²) in [5.41, 5.74) is 2.10. The van der Waals surface area contributed by atoms with Crippen molar-refractivity contribution in [1.29, 1.82) is 0 Å². The van der Waals surface area contributed by atoms with Crippen molar-refractivity contribution in [3.63, 3.8) is 0 Å². The lowest BCUT2D eigenvalue weighted by molar-refractivity contribution is 0.206. The molecular weight excluding hydrogens is 384 g/mol. The summed E-state index contributed by atoms with van der Waals surface area (Å²) < 4.78 is 5.44. The third-order valence-electron chi connectivity index (χ3n) is 5.15. The molecule has 0 unspecified atom stereocenters. The van der Waals surface area contributed by atoms with Crippen molar-refractivity contribution < 1.29 is 9.53 Å². The fourth-order valence-electron chi connectivity index (χ4n) is 3.50. The SMILES string of the molecule is COc1cc(CN(C)C(=O)NCc2ccnc(N3CCCCC3)c2)ccc1SC. The Balaban J connectivity index is 1.55. The molecule has 1 saturated heterocycles. The fourth-order valence-corrected chi connectivity index (χ4v) is 4.05. The number of carbonyl (C=O) groups excluding carboxylic acids is 1. The van der Waals surface area contributed by atoms with Crippen molar-refractivity contribution in [2.24, 2.45) is 0 Å². The highest BCUT2D eigenvalue weighted by Crippen LogP contribution is 2.28. The van der Waals surface area contributed by atoms with E-state index >= 15 is 0 Å². The molecule has 0 atom stereocenters. The number of anilines is 1. The average Bonchev–Trinajstić information content (AvgIpc) is 2.78. The Morgan fingerprint density at radius 1 is 1.21 bits per heavy atom. The van der Waals surface area contributed by atoms with Crippen LogP contribution >= 0.6 is 11.8 Å². The molecule has 2 amide bonds. The van der Waals surface area contributed by atoms with Gasteiger partial charge in [-0.3, -0.25) is 0 Å². The Morgan fingerprint density at radius 2 is 2.00 bits per heavy atom. The minimum Gasteiger partial charge on any atom is -0.496 e. The molecule has 7 heteroatoms. The lowest BCUT2D eigenvalue weighted by Crippen LogP contribution is -2.36. The molecule has 0 aliphatic carbocycles. The van der Waals surface area contributed by atoms with E-state index < -0.39 is 0 Å². The quantitative estimate of drug-likeness (QED) is 0.690. The number of benzene rings is 1. The van der Waals surface area contributed by atoms with Gasteiger partial charge < -0.3 is 19.9 Å². The number of thioether (sulfide) groups is 1. The number of urea groups is 1. The summed E-state index contributed by atoms with van der Waals surface area (Å²) in [6, 6.07) is 9.99. The van der Waals surface area contributed by atoms with Gasteiger partial charge in [0.25, 0.3) is 0 Å². The lowest BCUT2D eigenvalue weighted by Gasteiger charge is -2.28. The van der Waals surface area contributed by atoms with Crippen LogP contribution in [0.4, 0.5) is 10.6 Å². The molecule has 1 aromatic heterocycles. The first-order valence-electron chi connectivity index (χ1n) is 10.0. The van der Waals surface area contributed by atoms with Crippen molar-refractivity contribution in [3.05, 3.63) is 47.7 Å². The number of piperidine rings is 1. The number of rotatable bonds is 7. The Kier molecular flexibility index (Phi) is 7.63. The second-order valence-electron chi connectivity index (χ2n) is 7.27. The third kappa shape index (κ3) is 5.79. The highest BCUT2D eigenvalue weighted by molar-refractivity contribution is 7.98. The zero-order valence-electron chi connectivity index (χ0n) is 17.5. The van der Waals surface area contributed by atoms with Crippen LogP contribution in [0.3, 0.4) is 0 Å². The number of hydrogen-bond acceptors (Lipinski definition) is 5. The van der Waals surface area contributed by atoms with Crippen LogP contribution < -0.4 is 15.0 Å². The molecule has 2 aromatic rings. The van der Waals surface area contributed by atoms with Gasteiger partial charge >= 0.3 is 6.03 Å². The first kappa shape index (κ1) is 21.3. The van der Waals surface area contributed by atoms with Gasteiger partial charge in [-0.2, -0.15) is 0 Å². The maximum absolute atomic E-state index is 12.5. The molecule has 3 rings (SSSR count). The summed E-state index contributed by atoms with van der Waals surface area (Å²) in [6.45, 7) is 3.13. The minimum absolute atomic E-state index is 0.103. The zero-order chi connectivity index (χ0) is 20.6. The van der Waals surface area contributed by atoms with Gasteiger partial charge in [-0.15, -0.1) is 11.8 Å². The van der Waals surface area contributed by atoms with Crippen molar-refractivity contribution in [2.75, 3.05) is 38.4 Å². The molecule has 0 bridgehead atoms. The van der Waals surface area contributed by atoms with E-state index in [1.165, 1.54) is 19.3 Å². The van der Waals surface area contributed by atoms with Gasteiger partial charge in [0, 0.05) is 44.3 Å². The summed E-state index contributed by atoms with van der Waals surface area (Å²) in [7, 11) is 3.47. The number of aromatic nitrogens is 1. The number of carbonyl (C=O) groups is 1. The summed E-state index contributed by atoms with van der Waals surface area (Å²) in [6.07, 6.45) is 7.58. The van der Waals surface area contributed by atoms with Gasteiger partial charge in [-0.25, -0.2) is 9.78 Å². The Morgan fingerprint density at radius 3 is 2.72 bits per heavy atom.